The number of halogens is 1. The molecule has 0 bridgehead atoms. The molecule has 3 aliphatic rings. The van der Waals surface area contributed by atoms with Crippen LogP contribution in [0.1, 0.15) is 84.5 Å². The Morgan fingerprint density at radius 3 is 2.52 bits per heavy atom. The fourth-order valence-electron chi connectivity index (χ4n) is 5.08. The summed E-state index contributed by atoms with van der Waals surface area (Å²) in [5.41, 5.74) is 0.275. The zero-order valence-corrected chi connectivity index (χ0v) is 14.7. The second-order valence-corrected chi connectivity index (χ2v) is 8.91. The van der Waals surface area contributed by atoms with Gasteiger partial charge in [0.05, 0.1) is 11.7 Å². The Kier molecular flexibility index (Phi) is 5.21. The van der Waals surface area contributed by atoms with Gasteiger partial charge in [-0.2, -0.15) is 0 Å². The van der Waals surface area contributed by atoms with Crippen LogP contribution in [0.4, 0.5) is 0 Å². The van der Waals surface area contributed by atoms with Crippen LogP contribution < -0.4 is 0 Å². The van der Waals surface area contributed by atoms with E-state index in [2.05, 4.69) is 13.8 Å². The van der Waals surface area contributed by atoms with E-state index in [1.165, 1.54) is 70.6 Å². The maximum atomic E-state index is 6.65. The SMILES string of the molecule is CC(C)C1CCC(Cl)C(CC2CCC3(CCCCC3)O2)C1. The van der Waals surface area contributed by atoms with E-state index in [0.29, 0.717) is 17.4 Å². The van der Waals surface area contributed by atoms with Crippen LogP contribution in [0.3, 0.4) is 0 Å². The highest BCUT2D eigenvalue weighted by Gasteiger charge is 2.42. The van der Waals surface area contributed by atoms with Crippen molar-refractivity contribution < 1.29 is 4.74 Å². The molecule has 0 aromatic heterocycles. The molecule has 1 nitrogen and oxygen atoms in total. The van der Waals surface area contributed by atoms with Crippen molar-refractivity contribution in [2.75, 3.05) is 0 Å². The standard InChI is InChI=1S/C19H33ClO/c1-14(2)15-6-7-18(20)16(12-15)13-17-8-11-19(21-17)9-4-3-5-10-19/h14-18H,3-13H2,1-2H3. The third-order valence-electron chi connectivity index (χ3n) is 6.54. The minimum absolute atomic E-state index is 0.275. The van der Waals surface area contributed by atoms with Gasteiger partial charge in [-0.1, -0.05) is 33.1 Å². The molecule has 4 atom stereocenters. The fourth-order valence-corrected chi connectivity index (χ4v) is 5.41. The Labute approximate surface area is 136 Å². The minimum atomic E-state index is 0.275. The van der Waals surface area contributed by atoms with Gasteiger partial charge in [0.25, 0.3) is 0 Å². The lowest BCUT2D eigenvalue weighted by atomic mass is 9.74. The zero-order valence-electron chi connectivity index (χ0n) is 14.0. The summed E-state index contributed by atoms with van der Waals surface area (Å²) < 4.78 is 6.58. The Morgan fingerprint density at radius 2 is 1.81 bits per heavy atom. The molecule has 2 saturated carbocycles. The first-order valence-electron chi connectivity index (χ1n) is 9.40. The van der Waals surface area contributed by atoms with Crippen LogP contribution in [0.15, 0.2) is 0 Å². The van der Waals surface area contributed by atoms with E-state index in [0.717, 1.165) is 11.8 Å². The van der Waals surface area contributed by atoms with Gasteiger partial charge in [-0.25, -0.2) is 0 Å². The molecule has 1 spiro atoms. The van der Waals surface area contributed by atoms with E-state index >= 15 is 0 Å². The summed E-state index contributed by atoms with van der Waals surface area (Å²) in [6, 6.07) is 0. The first-order valence-corrected chi connectivity index (χ1v) is 9.83. The molecule has 3 fully saturated rings. The summed E-state index contributed by atoms with van der Waals surface area (Å²) >= 11 is 6.65. The molecule has 4 unspecified atom stereocenters. The molecule has 122 valence electrons. The van der Waals surface area contributed by atoms with Gasteiger partial charge in [0.2, 0.25) is 0 Å². The van der Waals surface area contributed by atoms with Gasteiger partial charge in [-0.15, -0.1) is 11.6 Å². The summed E-state index contributed by atoms with van der Waals surface area (Å²) in [7, 11) is 0. The quantitative estimate of drug-likeness (QED) is 0.586. The topological polar surface area (TPSA) is 9.23 Å². The monoisotopic (exact) mass is 312 g/mol. The lowest BCUT2D eigenvalue weighted by Crippen LogP contribution is -2.34. The molecule has 0 aromatic carbocycles. The molecule has 21 heavy (non-hydrogen) atoms. The van der Waals surface area contributed by atoms with Crippen molar-refractivity contribution in [2.24, 2.45) is 17.8 Å². The molecular weight excluding hydrogens is 280 g/mol. The van der Waals surface area contributed by atoms with Gasteiger partial charge in [-0.3, -0.25) is 0 Å². The smallest absolute Gasteiger partial charge is 0.0687 e. The second kappa shape index (κ2) is 6.79. The molecule has 3 rings (SSSR count). The van der Waals surface area contributed by atoms with Gasteiger partial charge < -0.3 is 4.74 Å². The average Bonchev–Trinajstić information content (AvgIpc) is 2.84. The van der Waals surface area contributed by atoms with Crippen LogP contribution in [0.2, 0.25) is 0 Å². The molecule has 0 aromatic rings. The van der Waals surface area contributed by atoms with Gasteiger partial charge in [0.15, 0.2) is 0 Å². The lowest BCUT2D eigenvalue weighted by molar-refractivity contribution is -0.0718. The van der Waals surface area contributed by atoms with Gasteiger partial charge in [0, 0.05) is 5.38 Å². The number of hydrogen-bond donors (Lipinski definition) is 0. The molecule has 2 aliphatic carbocycles. The van der Waals surface area contributed by atoms with Crippen molar-refractivity contribution >= 4 is 11.6 Å². The third kappa shape index (κ3) is 3.78. The van der Waals surface area contributed by atoms with Gasteiger partial charge in [-0.05, 0) is 69.1 Å². The van der Waals surface area contributed by atoms with Crippen LogP contribution in [-0.2, 0) is 4.74 Å². The summed E-state index contributed by atoms with van der Waals surface area (Å²) in [5.74, 6) is 2.39. The van der Waals surface area contributed by atoms with Crippen LogP contribution in [0, 0.1) is 17.8 Å². The lowest BCUT2D eigenvalue weighted by Gasteiger charge is -2.37. The van der Waals surface area contributed by atoms with Gasteiger partial charge in [0.1, 0.15) is 0 Å². The van der Waals surface area contributed by atoms with Crippen LogP contribution in [0.25, 0.3) is 0 Å². The normalized spacial score (nSPS) is 40.0. The Hall–Kier alpha value is 0.250. The molecule has 0 amide bonds. The van der Waals surface area contributed by atoms with Crippen molar-refractivity contribution in [3.63, 3.8) is 0 Å². The molecule has 1 saturated heterocycles. The number of hydrogen-bond acceptors (Lipinski definition) is 1. The van der Waals surface area contributed by atoms with E-state index in [9.17, 15) is 0 Å². The highest BCUT2D eigenvalue weighted by atomic mass is 35.5. The Bertz CT molecular complexity index is 334. The minimum Gasteiger partial charge on any atom is -0.372 e. The predicted octanol–water partition coefficient (Wildman–Crippen LogP) is 5.94. The molecule has 2 heteroatoms. The first-order chi connectivity index (χ1) is 10.1. The van der Waals surface area contributed by atoms with E-state index in [4.69, 9.17) is 16.3 Å². The molecular formula is C19H33ClO. The van der Waals surface area contributed by atoms with E-state index in [1.807, 2.05) is 0 Å². The van der Waals surface area contributed by atoms with Crippen molar-refractivity contribution in [3.8, 4) is 0 Å². The second-order valence-electron chi connectivity index (χ2n) is 8.35. The molecule has 1 aliphatic heterocycles. The highest BCUT2D eigenvalue weighted by Crippen LogP contribution is 2.45. The van der Waals surface area contributed by atoms with Crippen LogP contribution in [0.5, 0.6) is 0 Å². The van der Waals surface area contributed by atoms with Crippen molar-refractivity contribution in [3.05, 3.63) is 0 Å². The maximum Gasteiger partial charge on any atom is 0.0687 e. The Balaban J connectivity index is 1.54. The first kappa shape index (κ1) is 16.1. The summed E-state index contributed by atoms with van der Waals surface area (Å²) in [6.07, 6.45) is 15.0. The molecule has 1 heterocycles. The fraction of sp³-hybridized carbons (Fsp3) is 1.00. The highest BCUT2D eigenvalue weighted by molar-refractivity contribution is 6.20. The largest absolute Gasteiger partial charge is 0.372 e. The average molecular weight is 313 g/mol. The summed E-state index contributed by atoms with van der Waals surface area (Å²) in [5, 5.41) is 0.395. The van der Waals surface area contributed by atoms with E-state index < -0.39 is 0 Å². The van der Waals surface area contributed by atoms with Crippen molar-refractivity contribution in [2.45, 2.75) is 102 Å². The Morgan fingerprint density at radius 1 is 1.05 bits per heavy atom. The molecule has 0 N–H and O–H groups in total. The van der Waals surface area contributed by atoms with Gasteiger partial charge >= 0.3 is 0 Å². The van der Waals surface area contributed by atoms with Crippen LogP contribution in [-0.4, -0.2) is 17.1 Å². The zero-order chi connectivity index (χ0) is 14.9. The maximum absolute atomic E-state index is 6.65. The van der Waals surface area contributed by atoms with Crippen molar-refractivity contribution in [1.82, 2.24) is 0 Å². The number of ether oxygens (including phenoxy) is 1. The van der Waals surface area contributed by atoms with E-state index in [-0.39, 0.29) is 5.60 Å². The molecule has 0 radical (unpaired) electrons. The third-order valence-corrected chi connectivity index (χ3v) is 7.12. The number of rotatable bonds is 3. The summed E-state index contributed by atoms with van der Waals surface area (Å²) in [6.45, 7) is 4.75. The van der Waals surface area contributed by atoms with E-state index in [1.54, 1.807) is 0 Å². The number of alkyl halides is 1. The predicted molar refractivity (Wildman–Crippen MR) is 89.9 cm³/mol. The van der Waals surface area contributed by atoms with Crippen LogP contribution >= 0.6 is 11.6 Å². The van der Waals surface area contributed by atoms with Crippen molar-refractivity contribution in [1.29, 1.82) is 0 Å². The summed E-state index contributed by atoms with van der Waals surface area (Å²) in [4.78, 5) is 0.